The molecule has 0 aliphatic carbocycles. The molecular formula is C9H15NO5. The molecule has 0 unspecified atom stereocenters. The zero-order chi connectivity index (χ0) is 11.8. The quantitative estimate of drug-likeness (QED) is 0.388. The second-order valence-corrected chi connectivity index (χ2v) is 2.64. The molecule has 0 radical (unpaired) electrons. The summed E-state index contributed by atoms with van der Waals surface area (Å²) in [6.45, 7) is 4.68. The zero-order valence-corrected chi connectivity index (χ0v) is 9.03. The minimum Gasteiger partial charge on any atom is -0.464 e. The van der Waals surface area contributed by atoms with Crippen LogP contribution in [0.3, 0.4) is 0 Å². The predicted molar refractivity (Wildman–Crippen MR) is 50.9 cm³/mol. The van der Waals surface area contributed by atoms with E-state index in [-0.39, 0.29) is 13.2 Å². The summed E-state index contributed by atoms with van der Waals surface area (Å²) in [5.41, 5.74) is 0. The Morgan fingerprint density at radius 3 is 1.73 bits per heavy atom. The lowest BCUT2D eigenvalue weighted by Gasteiger charge is -2.14. The van der Waals surface area contributed by atoms with Crippen molar-refractivity contribution < 1.29 is 23.9 Å². The van der Waals surface area contributed by atoms with E-state index >= 15 is 0 Å². The smallest absolute Gasteiger partial charge is 0.340 e. The molecule has 0 saturated carbocycles. The molecule has 0 fully saturated rings. The van der Waals surface area contributed by atoms with Gasteiger partial charge in [-0.3, -0.25) is 4.79 Å². The van der Waals surface area contributed by atoms with E-state index in [0.717, 1.165) is 0 Å². The highest BCUT2D eigenvalue weighted by Crippen LogP contribution is 1.94. The first-order valence-corrected chi connectivity index (χ1v) is 4.63. The van der Waals surface area contributed by atoms with E-state index in [2.05, 4.69) is 14.8 Å². The lowest BCUT2D eigenvalue weighted by Crippen LogP contribution is -2.47. The first-order chi connectivity index (χ1) is 7.02. The highest BCUT2D eigenvalue weighted by atomic mass is 16.7. The average molecular weight is 220 g/mol. The third-order valence-electron chi connectivity index (χ3n) is 1.39. The van der Waals surface area contributed by atoms with Crippen LogP contribution >= 0.6 is 0 Å². The average Bonchev–Trinajstić information content (AvgIpc) is 2.14. The summed E-state index contributed by atoms with van der Waals surface area (Å²) in [6.07, 6.45) is 0. The minimum atomic E-state index is -1.37. The number of hydrogen-bond donors (Lipinski definition) is 1. The number of esters is 2. The van der Waals surface area contributed by atoms with Gasteiger partial charge in [-0.2, -0.15) is 0 Å². The van der Waals surface area contributed by atoms with Gasteiger partial charge in [0.15, 0.2) is 0 Å². The van der Waals surface area contributed by atoms with Gasteiger partial charge in [0.05, 0.1) is 13.2 Å². The van der Waals surface area contributed by atoms with Crippen LogP contribution in [-0.2, 0) is 23.9 Å². The van der Waals surface area contributed by atoms with Crippen molar-refractivity contribution >= 4 is 17.8 Å². The number of amides is 1. The van der Waals surface area contributed by atoms with Crippen molar-refractivity contribution in [3.05, 3.63) is 0 Å². The number of hydrogen-bond acceptors (Lipinski definition) is 5. The van der Waals surface area contributed by atoms with Crippen molar-refractivity contribution in [3.8, 4) is 0 Å². The maximum Gasteiger partial charge on any atom is 0.340 e. The van der Waals surface area contributed by atoms with Gasteiger partial charge in [-0.05, 0) is 13.8 Å². The third kappa shape index (κ3) is 4.99. The van der Waals surface area contributed by atoms with Crippen molar-refractivity contribution in [1.82, 2.24) is 5.32 Å². The Bertz CT molecular complexity index is 233. The molecular weight excluding hydrogens is 205 g/mol. The molecule has 0 heterocycles. The molecule has 6 nitrogen and oxygen atoms in total. The summed E-state index contributed by atoms with van der Waals surface area (Å²) in [4.78, 5) is 33.3. The number of rotatable bonds is 5. The fourth-order valence-corrected chi connectivity index (χ4v) is 0.869. The number of carbonyl (C=O) groups is 3. The Morgan fingerprint density at radius 2 is 1.47 bits per heavy atom. The second kappa shape index (κ2) is 6.80. The summed E-state index contributed by atoms with van der Waals surface area (Å²) in [7, 11) is 0. The standard InChI is InChI=1S/C9H15NO5/c1-4-14-8(12)7(10-6(3)11)9(13)15-5-2/h7H,4-5H2,1-3H3,(H,10,11)/i7+1,8+1,9+1. The van der Waals surface area contributed by atoms with Gasteiger partial charge in [-0.1, -0.05) is 0 Å². The van der Waals surface area contributed by atoms with Crippen LogP contribution in [0.4, 0.5) is 0 Å². The summed E-state index contributed by atoms with van der Waals surface area (Å²) < 4.78 is 9.24. The van der Waals surface area contributed by atoms with Crippen LogP contribution in [0.25, 0.3) is 0 Å². The van der Waals surface area contributed by atoms with E-state index in [4.69, 9.17) is 0 Å². The Hall–Kier alpha value is -1.59. The van der Waals surface area contributed by atoms with Crippen molar-refractivity contribution in [3.63, 3.8) is 0 Å². The van der Waals surface area contributed by atoms with Crippen LogP contribution < -0.4 is 5.32 Å². The van der Waals surface area contributed by atoms with Gasteiger partial charge in [0.25, 0.3) is 0 Å². The molecule has 0 atom stereocenters. The molecule has 0 saturated heterocycles. The lowest BCUT2D eigenvalue weighted by molar-refractivity contribution is -0.159. The Labute approximate surface area is 87.9 Å². The van der Waals surface area contributed by atoms with Crippen molar-refractivity contribution in [2.45, 2.75) is 26.8 Å². The molecule has 0 aliphatic heterocycles. The lowest BCUT2D eigenvalue weighted by atomic mass is 10.7. The molecule has 86 valence electrons. The molecule has 1 amide bonds. The number of nitrogens with one attached hydrogen (secondary N) is 1. The van der Waals surface area contributed by atoms with Crippen LogP contribution in [0.1, 0.15) is 20.8 Å². The molecule has 1 N–H and O–H groups in total. The zero-order valence-electron chi connectivity index (χ0n) is 9.03. The fraction of sp³-hybridized carbons (Fsp3) is 0.667. The Kier molecular flexibility index (Phi) is 6.08. The molecule has 0 aromatic rings. The SMILES string of the molecule is CCO[13C](=O)[13CH](NC(C)=O)[13C](=O)OCC. The molecule has 0 aromatic heterocycles. The monoisotopic (exact) mass is 220 g/mol. The van der Waals surface area contributed by atoms with E-state index in [1.165, 1.54) is 6.92 Å². The van der Waals surface area contributed by atoms with Gasteiger partial charge in [-0.25, -0.2) is 9.59 Å². The van der Waals surface area contributed by atoms with Gasteiger partial charge in [0.1, 0.15) is 0 Å². The summed E-state index contributed by atoms with van der Waals surface area (Å²) in [5, 5.41) is 2.16. The summed E-state index contributed by atoms with van der Waals surface area (Å²) >= 11 is 0. The first kappa shape index (κ1) is 13.4. The van der Waals surface area contributed by atoms with E-state index in [9.17, 15) is 14.4 Å². The van der Waals surface area contributed by atoms with E-state index in [0.29, 0.717) is 0 Å². The van der Waals surface area contributed by atoms with E-state index in [1.807, 2.05) is 0 Å². The number of ether oxygens (including phenoxy) is 2. The van der Waals surface area contributed by atoms with Crippen LogP contribution in [0.15, 0.2) is 0 Å². The summed E-state index contributed by atoms with van der Waals surface area (Å²) in [5.74, 6) is -2.13. The molecule has 0 spiro atoms. The second-order valence-electron chi connectivity index (χ2n) is 2.64. The van der Waals surface area contributed by atoms with Crippen LogP contribution in [0.5, 0.6) is 0 Å². The predicted octanol–water partition coefficient (Wildman–Crippen LogP) is -0.383. The molecule has 6 heteroatoms. The first-order valence-electron chi connectivity index (χ1n) is 4.63. The molecule has 0 bridgehead atoms. The molecule has 0 aromatic carbocycles. The normalized spacial score (nSPS) is 9.60. The maximum absolute atomic E-state index is 11.3. The fourth-order valence-electron chi connectivity index (χ4n) is 0.869. The number of carbonyl (C=O) groups excluding carboxylic acids is 3. The van der Waals surface area contributed by atoms with Crippen LogP contribution in [0, 0.1) is 0 Å². The maximum atomic E-state index is 11.3. The third-order valence-corrected chi connectivity index (χ3v) is 1.39. The Morgan fingerprint density at radius 1 is 1.07 bits per heavy atom. The van der Waals surface area contributed by atoms with Crippen molar-refractivity contribution in [2.75, 3.05) is 13.2 Å². The highest BCUT2D eigenvalue weighted by molar-refractivity contribution is 6.02. The van der Waals surface area contributed by atoms with Gasteiger partial charge in [-0.15, -0.1) is 0 Å². The van der Waals surface area contributed by atoms with E-state index < -0.39 is 23.9 Å². The van der Waals surface area contributed by atoms with Gasteiger partial charge in [0.2, 0.25) is 11.9 Å². The van der Waals surface area contributed by atoms with Crippen LogP contribution in [-0.4, -0.2) is 37.1 Å². The molecule has 0 aliphatic rings. The van der Waals surface area contributed by atoms with Crippen molar-refractivity contribution in [2.24, 2.45) is 0 Å². The summed E-state index contributed by atoms with van der Waals surface area (Å²) in [6, 6.07) is -1.37. The minimum absolute atomic E-state index is 0.133. The highest BCUT2D eigenvalue weighted by Gasteiger charge is 2.30. The topological polar surface area (TPSA) is 81.7 Å². The largest absolute Gasteiger partial charge is 0.464 e. The van der Waals surface area contributed by atoms with Gasteiger partial charge in [0, 0.05) is 6.92 Å². The van der Waals surface area contributed by atoms with Gasteiger partial charge >= 0.3 is 11.9 Å². The van der Waals surface area contributed by atoms with Crippen molar-refractivity contribution in [1.29, 1.82) is 0 Å². The molecule has 15 heavy (non-hydrogen) atoms. The molecule has 0 rings (SSSR count). The van der Waals surface area contributed by atoms with Gasteiger partial charge < -0.3 is 14.8 Å². The Balaban J connectivity index is 4.49. The van der Waals surface area contributed by atoms with Crippen LogP contribution in [0.2, 0.25) is 0 Å². The van der Waals surface area contributed by atoms with E-state index in [1.54, 1.807) is 13.8 Å².